The summed E-state index contributed by atoms with van der Waals surface area (Å²) in [5.74, 6) is -0.105. The Balaban J connectivity index is 1.70. The second kappa shape index (κ2) is 5.68. The van der Waals surface area contributed by atoms with Crippen LogP contribution in [-0.4, -0.2) is 30.2 Å². The van der Waals surface area contributed by atoms with Crippen LogP contribution in [0.3, 0.4) is 0 Å². The number of fused-ring (bicyclic) bond motifs is 1. The lowest BCUT2D eigenvalue weighted by molar-refractivity contribution is -0.115. The number of pyridine rings is 1. The molecule has 7 heteroatoms. The summed E-state index contributed by atoms with van der Waals surface area (Å²) in [7, 11) is -3.62. The van der Waals surface area contributed by atoms with Gasteiger partial charge in [-0.25, -0.2) is 8.42 Å². The lowest BCUT2D eigenvalue weighted by Gasteiger charge is -2.24. The van der Waals surface area contributed by atoms with E-state index in [2.05, 4.69) is 10.3 Å². The summed E-state index contributed by atoms with van der Waals surface area (Å²) < 4.78 is 27.7. The molecule has 3 heterocycles. The summed E-state index contributed by atoms with van der Waals surface area (Å²) in [6.45, 7) is 0.484. The molecule has 1 saturated heterocycles. The predicted octanol–water partition coefficient (Wildman–Crippen LogP) is 2.10. The third-order valence-electron chi connectivity index (χ3n) is 4.54. The second-order valence-electron chi connectivity index (χ2n) is 6.07. The van der Waals surface area contributed by atoms with Crippen molar-refractivity contribution in [1.82, 2.24) is 9.29 Å². The zero-order valence-corrected chi connectivity index (χ0v) is 13.8. The van der Waals surface area contributed by atoms with Crippen LogP contribution < -0.4 is 5.32 Å². The minimum absolute atomic E-state index is 0.105. The van der Waals surface area contributed by atoms with Gasteiger partial charge in [0.2, 0.25) is 15.9 Å². The van der Waals surface area contributed by atoms with Crippen LogP contribution in [-0.2, 0) is 21.2 Å². The first kappa shape index (κ1) is 15.3. The van der Waals surface area contributed by atoms with E-state index in [-0.39, 0.29) is 23.3 Å². The molecule has 2 aliphatic heterocycles. The number of nitrogens with zero attached hydrogens (tertiary/aromatic N) is 2. The van der Waals surface area contributed by atoms with Crippen LogP contribution in [0, 0.1) is 0 Å². The molecule has 1 aromatic heterocycles. The summed E-state index contributed by atoms with van der Waals surface area (Å²) >= 11 is 0. The average molecular weight is 343 g/mol. The number of hydrogen-bond donors (Lipinski definition) is 1. The van der Waals surface area contributed by atoms with E-state index in [1.54, 1.807) is 24.4 Å². The Labute approximate surface area is 140 Å². The van der Waals surface area contributed by atoms with E-state index in [1.807, 2.05) is 18.2 Å². The van der Waals surface area contributed by atoms with Crippen molar-refractivity contribution in [3.05, 3.63) is 53.9 Å². The second-order valence-corrected chi connectivity index (χ2v) is 7.96. The van der Waals surface area contributed by atoms with E-state index in [1.165, 1.54) is 4.31 Å². The number of benzene rings is 1. The normalized spacial score (nSPS) is 20.8. The molecule has 2 aromatic rings. The number of nitrogens with one attached hydrogen (secondary N) is 1. The summed E-state index contributed by atoms with van der Waals surface area (Å²) in [6.07, 6.45) is 3.49. The van der Waals surface area contributed by atoms with Gasteiger partial charge in [-0.05, 0) is 48.7 Å². The van der Waals surface area contributed by atoms with Crippen molar-refractivity contribution < 1.29 is 13.2 Å². The number of carbonyl (C=O) groups excluding carboxylic acids is 1. The van der Waals surface area contributed by atoms with Crippen molar-refractivity contribution in [1.29, 1.82) is 0 Å². The van der Waals surface area contributed by atoms with E-state index in [0.717, 1.165) is 24.1 Å². The molecule has 1 aromatic carbocycles. The highest BCUT2D eigenvalue weighted by Gasteiger charge is 2.37. The molecule has 6 nitrogen and oxygen atoms in total. The molecule has 24 heavy (non-hydrogen) atoms. The average Bonchev–Trinajstić information content (AvgIpc) is 3.20. The molecule has 1 N–H and O–H groups in total. The van der Waals surface area contributed by atoms with Gasteiger partial charge in [0.25, 0.3) is 0 Å². The van der Waals surface area contributed by atoms with Crippen LogP contribution in [0.15, 0.2) is 47.5 Å². The van der Waals surface area contributed by atoms with Crippen LogP contribution >= 0.6 is 0 Å². The van der Waals surface area contributed by atoms with Gasteiger partial charge in [0.15, 0.2) is 0 Å². The van der Waals surface area contributed by atoms with Gasteiger partial charge in [-0.2, -0.15) is 4.31 Å². The lowest BCUT2D eigenvalue weighted by atomic mass is 10.1. The first-order valence-electron chi connectivity index (χ1n) is 7.91. The summed E-state index contributed by atoms with van der Waals surface area (Å²) in [5, 5.41) is 2.72. The van der Waals surface area contributed by atoms with Crippen LogP contribution in [0.2, 0.25) is 0 Å². The molecule has 0 bridgehead atoms. The highest BCUT2D eigenvalue weighted by Crippen LogP contribution is 2.36. The van der Waals surface area contributed by atoms with Crippen molar-refractivity contribution in [3.63, 3.8) is 0 Å². The SMILES string of the molecule is O=C1Cc2cc(S(=O)(=O)N3CCCC3c3ccccn3)ccc2N1. The van der Waals surface area contributed by atoms with E-state index >= 15 is 0 Å². The number of carbonyl (C=O) groups is 1. The molecule has 0 saturated carbocycles. The molecule has 1 fully saturated rings. The topological polar surface area (TPSA) is 79.4 Å². The molecule has 1 amide bonds. The zero-order valence-electron chi connectivity index (χ0n) is 13.0. The van der Waals surface area contributed by atoms with Crippen LogP contribution in [0.25, 0.3) is 0 Å². The van der Waals surface area contributed by atoms with Gasteiger partial charge in [0.1, 0.15) is 0 Å². The van der Waals surface area contributed by atoms with Gasteiger partial charge in [-0.1, -0.05) is 6.07 Å². The molecular weight excluding hydrogens is 326 g/mol. The summed E-state index contributed by atoms with van der Waals surface area (Å²) in [6, 6.07) is 10.2. The van der Waals surface area contributed by atoms with Gasteiger partial charge in [0, 0.05) is 18.4 Å². The Morgan fingerprint density at radius 1 is 1.21 bits per heavy atom. The Morgan fingerprint density at radius 2 is 2.08 bits per heavy atom. The number of rotatable bonds is 3. The fraction of sp³-hybridized carbons (Fsp3) is 0.294. The van der Waals surface area contributed by atoms with Crippen molar-refractivity contribution in [3.8, 4) is 0 Å². The highest BCUT2D eigenvalue weighted by molar-refractivity contribution is 7.89. The molecule has 2 aliphatic rings. The van der Waals surface area contributed by atoms with Gasteiger partial charge in [0.05, 0.1) is 23.1 Å². The molecule has 1 unspecified atom stereocenters. The molecule has 124 valence electrons. The molecular formula is C17H17N3O3S. The Hall–Kier alpha value is -2.25. The molecule has 0 spiro atoms. The van der Waals surface area contributed by atoms with Crippen molar-refractivity contribution in [2.24, 2.45) is 0 Å². The van der Waals surface area contributed by atoms with E-state index in [9.17, 15) is 13.2 Å². The molecule has 1 atom stereocenters. The largest absolute Gasteiger partial charge is 0.326 e. The monoisotopic (exact) mass is 343 g/mol. The lowest BCUT2D eigenvalue weighted by Crippen LogP contribution is -2.31. The van der Waals surface area contributed by atoms with Crippen molar-refractivity contribution in [2.75, 3.05) is 11.9 Å². The maximum absolute atomic E-state index is 13.1. The third-order valence-corrected chi connectivity index (χ3v) is 6.45. The molecule has 0 radical (unpaired) electrons. The summed E-state index contributed by atoms with van der Waals surface area (Å²) in [5.41, 5.74) is 2.20. The fourth-order valence-electron chi connectivity index (χ4n) is 3.40. The van der Waals surface area contributed by atoms with Crippen molar-refractivity contribution in [2.45, 2.75) is 30.2 Å². The number of anilines is 1. The first-order valence-corrected chi connectivity index (χ1v) is 9.35. The summed E-state index contributed by atoms with van der Waals surface area (Å²) in [4.78, 5) is 16.0. The van der Waals surface area contributed by atoms with Crippen LogP contribution in [0.4, 0.5) is 5.69 Å². The van der Waals surface area contributed by atoms with Gasteiger partial charge in [-0.3, -0.25) is 9.78 Å². The standard InChI is InChI=1S/C17H17N3O3S/c21-17-11-12-10-13(6-7-14(12)19-17)24(22,23)20-9-3-5-16(20)15-4-1-2-8-18-15/h1-2,4,6-8,10,16H,3,5,9,11H2,(H,19,21). The van der Waals surface area contributed by atoms with Crippen LogP contribution in [0.1, 0.15) is 30.1 Å². The van der Waals surface area contributed by atoms with Gasteiger partial charge < -0.3 is 5.32 Å². The quantitative estimate of drug-likeness (QED) is 0.926. The molecule has 0 aliphatic carbocycles. The molecule has 4 rings (SSSR count). The zero-order chi connectivity index (χ0) is 16.7. The van der Waals surface area contributed by atoms with E-state index in [0.29, 0.717) is 12.2 Å². The Kier molecular flexibility index (Phi) is 3.62. The maximum Gasteiger partial charge on any atom is 0.243 e. The van der Waals surface area contributed by atoms with E-state index < -0.39 is 10.0 Å². The number of aromatic nitrogens is 1. The fourth-order valence-corrected chi connectivity index (χ4v) is 5.12. The highest BCUT2D eigenvalue weighted by atomic mass is 32.2. The number of amides is 1. The Morgan fingerprint density at radius 3 is 2.88 bits per heavy atom. The van der Waals surface area contributed by atoms with Crippen LogP contribution in [0.5, 0.6) is 0 Å². The smallest absolute Gasteiger partial charge is 0.243 e. The number of hydrogen-bond acceptors (Lipinski definition) is 4. The van der Waals surface area contributed by atoms with E-state index in [4.69, 9.17) is 0 Å². The van der Waals surface area contributed by atoms with Gasteiger partial charge in [-0.15, -0.1) is 0 Å². The Bertz CT molecular complexity index is 897. The maximum atomic E-state index is 13.1. The first-order chi connectivity index (χ1) is 11.6. The predicted molar refractivity (Wildman–Crippen MR) is 88.9 cm³/mol. The minimum atomic E-state index is -3.62. The third kappa shape index (κ3) is 2.50. The number of sulfonamides is 1. The van der Waals surface area contributed by atoms with Gasteiger partial charge >= 0.3 is 0 Å². The minimum Gasteiger partial charge on any atom is -0.326 e. The van der Waals surface area contributed by atoms with Crippen molar-refractivity contribution >= 4 is 21.6 Å².